The van der Waals surface area contributed by atoms with Gasteiger partial charge in [0.05, 0.1) is 12.2 Å². The number of rotatable bonds is 2. The Labute approximate surface area is 93.7 Å². The fraction of sp³-hybridized carbons (Fsp3) is 0.182. The van der Waals surface area contributed by atoms with Crippen molar-refractivity contribution in [1.29, 1.82) is 5.26 Å². The van der Waals surface area contributed by atoms with Gasteiger partial charge >= 0.3 is 0 Å². The molecular weight excluding hydrogens is 202 g/mol. The van der Waals surface area contributed by atoms with Gasteiger partial charge < -0.3 is 10.2 Å². The summed E-state index contributed by atoms with van der Waals surface area (Å²) in [5.74, 6) is 0.565. The van der Waals surface area contributed by atoms with Crippen LogP contribution in [0.15, 0.2) is 41.7 Å². The molecule has 2 heterocycles. The zero-order valence-corrected chi connectivity index (χ0v) is 8.67. The average Bonchev–Trinajstić information content (AvgIpc) is 2.33. The van der Waals surface area contributed by atoms with Gasteiger partial charge in [-0.15, -0.1) is 4.99 Å². The summed E-state index contributed by atoms with van der Waals surface area (Å²) < 4.78 is 0. The summed E-state index contributed by atoms with van der Waals surface area (Å²) in [6.45, 7) is 1.30. The fourth-order valence-electron chi connectivity index (χ4n) is 1.45. The highest BCUT2D eigenvalue weighted by Gasteiger charge is 2.12. The van der Waals surface area contributed by atoms with E-state index in [2.05, 4.69) is 15.3 Å². The molecule has 0 aliphatic carbocycles. The molecule has 1 N–H and O–H groups in total. The highest BCUT2D eigenvalue weighted by atomic mass is 15.3. The number of aromatic nitrogens is 1. The quantitative estimate of drug-likeness (QED) is 0.739. The van der Waals surface area contributed by atoms with Crippen molar-refractivity contribution in [2.45, 2.75) is 6.54 Å². The third kappa shape index (κ3) is 2.36. The minimum Gasteiger partial charge on any atom is -0.351 e. The Morgan fingerprint density at radius 2 is 2.50 bits per heavy atom. The highest BCUT2D eigenvalue weighted by Crippen LogP contribution is 2.04. The van der Waals surface area contributed by atoms with Gasteiger partial charge in [0.1, 0.15) is 0 Å². The largest absolute Gasteiger partial charge is 0.351 e. The molecule has 16 heavy (non-hydrogen) atoms. The number of nitrogens with zero attached hydrogens (tertiary/aromatic N) is 4. The maximum atomic E-state index is 8.56. The van der Waals surface area contributed by atoms with Gasteiger partial charge in [-0.2, -0.15) is 5.26 Å². The third-order valence-electron chi connectivity index (χ3n) is 2.15. The van der Waals surface area contributed by atoms with Gasteiger partial charge in [0.15, 0.2) is 0 Å². The summed E-state index contributed by atoms with van der Waals surface area (Å²) in [5, 5.41) is 11.6. The molecule has 1 aliphatic rings. The van der Waals surface area contributed by atoms with E-state index >= 15 is 0 Å². The first-order chi connectivity index (χ1) is 7.90. The molecule has 80 valence electrons. The summed E-state index contributed by atoms with van der Waals surface area (Å²) >= 11 is 0. The summed E-state index contributed by atoms with van der Waals surface area (Å²) in [7, 11) is 0. The number of hydrogen-bond donors (Lipinski definition) is 1. The Balaban J connectivity index is 2.14. The average molecular weight is 213 g/mol. The van der Waals surface area contributed by atoms with E-state index in [1.165, 1.54) is 0 Å². The molecule has 0 fully saturated rings. The standard InChI is InChI=1S/C11H11N5/c12-9-15-11-14-6-3-7-16(11)8-10-4-1-2-5-13-10/h1-5,7H,6,8H2,(H,14,15). The van der Waals surface area contributed by atoms with E-state index in [-0.39, 0.29) is 0 Å². The highest BCUT2D eigenvalue weighted by molar-refractivity contribution is 5.82. The van der Waals surface area contributed by atoms with E-state index in [0.717, 1.165) is 5.69 Å². The van der Waals surface area contributed by atoms with Crippen LogP contribution in [0.25, 0.3) is 0 Å². The zero-order chi connectivity index (χ0) is 11.2. The van der Waals surface area contributed by atoms with Crippen molar-refractivity contribution in [3.63, 3.8) is 0 Å². The van der Waals surface area contributed by atoms with Gasteiger partial charge in [0.2, 0.25) is 12.2 Å². The Morgan fingerprint density at radius 3 is 3.25 bits per heavy atom. The van der Waals surface area contributed by atoms with Gasteiger partial charge in [-0.05, 0) is 18.2 Å². The van der Waals surface area contributed by atoms with Crippen LogP contribution in [-0.4, -0.2) is 22.4 Å². The first-order valence-corrected chi connectivity index (χ1v) is 4.94. The van der Waals surface area contributed by atoms with Crippen molar-refractivity contribution in [3.8, 4) is 6.19 Å². The lowest BCUT2D eigenvalue weighted by Gasteiger charge is -2.24. The number of guanidine groups is 1. The van der Waals surface area contributed by atoms with Crippen molar-refractivity contribution in [3.05, 3.63) is 42.4 Å². The minimum absolute atomic E-state index is 0.565. The second-order valence-corrected chi connectivity index (χ2v) is 3.25. The van der Waals surface area contributed by atoms with Crippen LogP contribution < -0.4 is 5.32 Å². The first-order valence-electron chi connectivity index (χ1n) is 4.94. The monoisotopic (exact) mass is 213 g/mol. The number of hydrogen-bond acceptors (Lipinski definition) is 3. The molecule has 1 aromatic rings. The van der Waals surface area contributed by atoms with E-state index in [9.17, 15) is 0 Å². The number of nitrogens with one attached hydrogen (secondary N) is 1. The van der Waals surface area contributed by atoms with E-state index in [1.54, 1.807) is 12.4 Å². The number of nitriles is 1. The molecule has 2 rings (SSSR count). The van der Waals surface area contributed by atoms with Gasteiger partial charge in [-0.1, -0.05) is 6.07 Å². The zero-order valence-electron chi connectivity index (χ0n) is 8.67. The molecule has 0 aromatic carbocycles. The third-order valence-corrected chi connectivity index (χ3v) is 2.15. The molecule has 0 radical (unpaired) electrons. The molecule has 0 saturated carbocycles. The molecule has 5 nitrogen and oxygen atoms in total. The molecule has 0 amide bonds. The molecule has 0 atom stereocenters. The fourth-order valence-corrected chi connectivity index (χ4v) is 1.45. The van der Waals surface area contributed by atoms with Crippen LogP contribution in [0.2, 0.25) is 0 Å². The van der Waals surface area contributed by atoms with Crippen LogP contribution >= 0.6 is 0 Å². The van der Waals surface area contributed by atoms with Gasteiger partial charge in [-0.25, -0.2) is 0 Å². The topological polar surface area (TPSA) is 64.3 Å². The van der Waals surface area contributed by atoms with Crippen LogP contribution in [0.5, 0.6) is 0 Å². The Kier molecular flexibility index (Phi) is 3.14. The predicted molar refractivity (Wildman–Crippen MR) is 60.0 cm³/mol. The number of pyridine rings is 1. The summed E-state index contributed by atoms with van der Waals surface area (Å²) in [6, 6.07) is 5.75. The van der Waals surface area contributed by atoms with E-state index < -0.39 is 0 Å². The lowest BCUT2D eigenvalue weighted by atomic mass is 10.3. The Bertz CT molecular complexity index is 443. The minimum atomic E-state index is 0.565. The van der Waals surface area contributed by atoms with Gasteiger partial charge in [-0.3, -0.25) is 4.98 Å². The van der Waals surface area contributed by atoms with Crippen LogP contribution in [0.1, 0.15) is 5.69 Å². The van der Waals surface area contributed by atoms with Gasteiger partial charge in [0, 0.05) is 18.9 Å². The normalized spacial score (nSPS) is 16.9. The molecule has 5 heteroatoms. The first kappa shape index (κ1) is 10.2. The Hall–Kier alpha value is -2.35. The van der Waals surface area contributed by atoms with Gasteiger partial charge in [0.25, 0.3) is 0 Å². The maximum absolute atomic E-state index is 8.56. The molecule has 0 spiro atoms. The maximum Gasteiger partial charge on any atom is 0.214 e. The van der Waals surface area contributed by atoms with Crippen molar-refractivity contribution in [1.82, 2.24) is 15.2 Å². The second kappa shape index (κ2) is 4.94. The van der Waals surface area contributed by atoms with Crippen LogP contribution in [0.3, 0.4) is 0 Å². The van der Waals surface area contributed by atoms with E-state index in [1.807, 2.05) is 35.4 Å². The summed E-state index contributed by atoms with van der Waals surface area (Å²) in [5.41, 5.74) is 0.932. The predicted octanol–water partition coefficient (Wildman–Crippen LogP) is 0.838. The summed E-state index contributed by atoms with van der Waals surface area (Å²) in [6.07, 6.45) is 7.41. The number of aliphatic imine (C=N–C) groups is 1. The smallest absolute Gasteiger partial charge is 0.214 e. The SMILES string of the molecule is N#CN=C1NCC=CN1Cc1ccccn1. The van der Waals surface area contributed by atoms with Crippen LogP contribution in [0, 0.1) is 11.5 Å². The summed E-state index contributed by atoms with van der Waals surface area (Å²) in [4.78, 5) is 9.80. The molecular formula is C11H11N5. The van der Waals surface area contributed by atoms with Crippen LogP contribution in [-0.2, 0) is 6.54 Å². The molecule has 0 unspecified atom stereocenters. The van der Waals surface area contributed by atoms with Crippen molar-refractivity contribution in [2.24, 2.45) is 4.99 Å². The van der Waals surface area contributed by atoms with Crippen molar-refractivity contribution in [2.75, 3.05) is 6.54 Å². The molecule has 1 aliphatic heterocycles. The van der Waals surface area contributed by atoms with Crippen LogP contribution in [0.4, 0.5) is 0 Å². The molecule has 0 bridgehead atoms. The van der Waals surface area contributed by atoms with Crippen molar-refractivity contribution >= 4 is 5.96 Å². The lowest BCUT2D eigenvalue weighted by molar-refractivity contribution is 0.508. The van der Waals surface area contributed by atoms with E-state index in [0.29, 0.717) is 19.0 Å². The lowest BCUT2D eigenvalue weighted by Crippen LogP contribution is -2.40. The molecule has 1 aromatic heterocycles. The Morgan fingerprint density at radius 1 is 1.56 bits per heavy atom. The van der Waals surface area contributed by atoms with E-state index in [4.69, 9.17) is 5.26 Å². The molecule has 0 saturated heterocycles. The second-order valence-electron chi connectivity index (χ2n) is 3.25. The van der Waals surface area contributed by atoms with Crippen molar-refractivity contribution < 1.29 is 0 Å².